The van der Waals surface area contributed by atoms with Crippen LogP contribution >= 0.6 is 11.8 Å². The monoisotopic (exact) mass is 416 g/mol. The highest BCUT2D eigenvalue weighted by molar-refractivity contribution is 8.00. The fourth-order valence-electron chi connectivity index (χ4n) is 3.34. The lowest BCUT2D eigenvalue weighted by atomic mass is 10.1. The Bertz CT molecular complexity index is 873. The molecule has 1 saturated heterocycles. The summed E-state index contributed by atoms with van der Waals surface area (Å²) in [7, 11) is 1.62. The first-order valence-corrected chi connectivity index (χ1v) is 10.6. The molecule has 1 fully saturated rings. The van der Waals surface area contributed by atoms with Gasteiger partial charge in [-0.25, -0.2) is 4.39 Å². The van der Waals surface area contributed by atoms with Gasteiger partial charge in [-0.15, -0.1) is 11.8 Å². The second-order valence-corrected chi connectivity index (χ2v) is 8.19. The first kappa shape index (κ1) is 21.2. The summed E-state index contributed by atoms with van der Waals surface area (Å²) in [6.07, 6.45) is 0. The molecule has 7 heteroatoms. The Hall–Kier alpha value is -2.54. The van der Waals surface area contributed by atoms with Crippen LogP contribution in [-0.4, -0.2) is 53.6 Å². The zero-order valence-electron chi connectivity index (χ0n) is 16.8. The van der Waals surface area contributed by atoms with E-state index in [9.17, 15) is 14.0 Å². The summed E-state index contributed by atoms with van der Waals surface area (Å²) in [6, 6.07) is 13.3. The third kappa shape index (κ3) is 4.90. The van der Waals surface area contributed by atoms with Crippen LogP contribution in [0.1, 0.15) is 35.1 Å². The molecule has 0 aliphatic carbocycles. The van der Waals surface area contributed by atoms with E-state index >= 15 is 0 Å². The van der Waals surface area contributed by atoms with Crippen LogP contribution in [0, 0.1) is 5.82 Å². The highest BCUT2D eigenvalue weighted by Gasteiger charge is 2.33. The summed E-state index contributed by atoms with van der Waals surface area (Å²) in [5.41, 5.74) is 1.33. The van der Waals surface area contributed by atoms with Crippen LogP contribution in [0.3, 0.4) is 0 Å². The first-order chi connectivity index (χ1) is 13.9. The zero-order valence-corrected chi connectivity index (χ0v) is 17.6. The summed E-state index contributed by atoms with van der Waals surface area (Å²) < 4.78 is 18.7. The number of benzene rings is 2. The van der Waals surface area contributed by atoms with Crippen molar-refractivity contribution in [3.8, 4) is 5.75 Å². The minimum Gasteiger partial charge on any atom is -0.497 e. The molecule has 154 valence electrons. The van der Waals surface area contributed by atoms with E-state index in [1.165, 1.54) is 18.2 Å². The second-order valence-electron chi connectivity index (χ2n) is 7.13. The molecule has 0 aromatic heterocycles. The van der Waals surface area contributed by atoms with Crippen molar-refractivity contribution in [1.29, 1.82) is 0 Å². The van der Waals surface area contributed by atoms with Gasteiger partial charge >= 0.3 is 0 Å². The lowest BCUT2D eigenvalue weighted by Crippen LogP contribution is -2.43. The predicted molar refractivity (Wildman–Crippen MR) is 112 cm³/mol. The van der Waals surface area contributed by atoms with Crippen LogP contribution in [0.15, 0.2) is 48.5 Å². The van der Waals surface area contributed by atoms with Gasteiger partial charge < -0.3 is 14.5 Å². The Labute approximate surface area is 174 Å². The van der Waals surface area contributed by atoms with E-state index < -0.39 is 5.82 Å². The van der Waals surface area contributed by atoms with Crippen LogP contribution in [0.25, 0.3) is 0 Å². The van der Waals surface area contributed by atoms with Crippen molar-refractivity contribution in [2.45, 2.75) is 25.3 Å². The maximum absolute atomic E-state index is 13.5. The maximum atomic E-state index is 13.5. The molecule has 5 nitrogen and oxygen atoms in total. The van der Waals surface area contributed by atoms with Gasteiger partial charge in [0.25, 0.3) is 5.91 Å². The lowest BCUT2D eigenvalue weighted by Gasteiger charge is -2.31. The molecular formula is C22H25FN2O3S. The Morgan fingerprint density at radius 1 is 1.28 bits per heavy atom. The minimum atomic E-state index is -0.440. The highest BCUT2D eigenvalue weighted by Crippen LogP contribution is 2.38. The number of thioether (sulfide) groups is 1. The molecule has 0 N–H and O–H groups in total. The highest BCUT2D eigenvalue weighted by atomic mass is 32.2. The molecule has 0 spiro atoms. The number of rotatable bonds is 7. The number of methoxy groups -OCH3 is 1. The summed E-state index contributed by atoms with van der Waals surface area (Å²) in [4.78, 5) is 28.8. The van der Waals surface area contributed by atoms with Crippen LogP contribution in [0.2, 0.25) is 0 Å². The molecule has 1 aliphatic rings. The van der Waals surface area contributed by atoms with E-state index in [1.54, 1.807) is 34.7 Å². The van der Waals surface area contributed by atoms with Gasteiger partial charge in [-0.05, 0) is 49.7 Å². The number of carbonyl (C=O) groups is 2. The predicted octanol–water partition coefficient (Wildman–Crippen LogP) is 3.96. The number of hydrogen-bond acceptors (Lipinski definition) is 4. The molecule has 3 rings (SSSR count). The van der Waals surface area contributed by atoms with Gasteiger partial charge in [-0.2, -0.15) is 0 Å². The standard InChI is InChI=1S/C22H25FN2O3S/c1-15(2)24(21(27)17-5-4-6-18(23)13-17)11-12-25-20(26)14-29-22(25)16-7-9-19(28-3)10-8-16/h4-10,13,15,22H,11-12,14H2,1-3H3/t22-/m1/s1. The SMILES string of the molecule is COc1ccc([C@H]2SCC(=O)N2CCN(C(=O)c2cccc(F)c2)C(C)C)cc1. The number of amides is 2. The number of nitrogens with zero attached hydrogens (tertiary/aromatic N) is 2. The lowest BCUT2D eigenvalue weighted by molar-refractivity contribution is -0.128. The Kier molecular flexibility index (Phi) is 6.79. The second kappa shape index (κ2) is 9.31. The first-order valence-electron chi connectivity index (χ1n) is 9.52. The van der Waals surface area contributed by atoms with Crippen molar-refractivity contribution in [3.05, 3.63) is 65.5 Å². The van der Waals surface area contributed by atoms with E-state index in [4.69, 9.17) is 4.74 Å². The maximum Gasteiger partial charge on any atom is 0.254 e. The third-order valence-corrected chi connectivity index (χ3v) is 6.16. The van der Waals surface area contributed by atoms with Crippen molar-refractivity contribution < 1.29 is 18.7 Å². The van der Waals surface area contributed by atoms with Crippen molar-refractivity contribution >= 4 is 23.6 Å². The molecule has 0 saturated carbocycles. The largest absolute Gasteiger partial charge is 0.497 e. The molecular weight excluding hydrogens is 391 g/mol. The third-order valence-electron chi connectivity index (χ3n) is 4.91. The Morgan fingerprint density at radius 3 is 2.62 bits per heavy atom. The zero-order chi connectivity index (χ0) is 21.0. The van der Waals surface area contributed by atoms with Gasteiger partial charge in [0, 0.05) is 24.7 Å². The van der Waals surface area contributed by atoms with Crippen LogP contribution < -0.4 is 4.74 Å². The topological polar surface area (TPSA) is 49.9 Å². The van der Waals surface area contributed by atoms with Crippen LogP contribution in [0.4, 0.5) is 4.39 Å². The van der Waals surface area contributed by atoms with Gasteiger partial charge in [0.15, 0.2) is 0 Å². The van der Waals surface area contributed by atoms with E-state index in [0.717, 1.165) is 11.3 Å². The van der Waals surface area contributed by atoms with Crippen molar-refractivity contribution in [2.24, 2.45) is 0 Å². The van der Waals surface area contributed by atoms with Crippen molar-refractivity contribution in [2.75, 3.05) is 26.0 Å². The summed E-state index contributed by atoms with van der Waals surface area (Å²) in [5, 5.41) is -0.0910. The molecule has 0 radical (unpaired) electrons. The Balaban J connectivity index is 1.73. The fourth-order valence-corrected chi connectivity index (χ4v) is 4.56. The average molecular weight is 417 g/mol. The van der Waals surface area contributed by atoms with E-state index in [1.807, 2.05) is 38.1 Å². The molecule has 2 aromatic rings. The molecule has 1 atom stereocenters. The Morgan fingerprint density at radius 2 is 2.00 bits per heavy atom. The van der Waals surface area contributed by atoms with Gasteiger partial charge in [0.1, 0.15) is 16.9 Å². The molecule has 2 amide bonds. The number of hydrogen-bond donors (Lipinski definition) is 0. The molecule has 0 bridgehead atoms. The van der Waals surface area contributed by atoms with Crippen molar-refractivity contribution in [3.63, 3.8) is 0 Å². The molecule has 29 heavy (non-hydrogen) atoms. The van der Waals surface area contributed by atoms with E-state index in [-0.39, 0.29) is 23.2 Å². The van der Waals surface area contributed by atoms with Crippen molar-refractivity contribution in [1.82, 2.24) is 9.80 Å². The van der Waals surface area contributed by atoms with Gasteiger partial charge in [0.05, 0.1) is 12.9 Å². The van der Waals surface area contributed by atoms with Crippen LogP contribution in [-0.2, 0) is 4.79 Å². The van der Waals surface area contributed by atoms with Crippen LogP contribution in [0.5, 0.6) is 5.75 Å². The fraction of sp³-hybridized carbons (Fsp3) is 0.364. The quantitative estimate of drug-likeness (QED) is 0.686. The normalized spacial score (nSPS) is 16.4. The van der Waals surface area contributed by atoms with Gasteiger partial charge in [-0.1, -0.05) is 18.2 Å². The number of ether oxygens (including phenoxy) is 1. The van der Waals surface area contributed by atoms with E-state index in [2.05, 4.69) is 0 Å². The minimum absolute atomic E-state index is 0.0535. The number of halogens is 1. The number of carbonyl (C=O) groups excluding carboxylic acids is 2. The molecule has 1 heterocycles. The van der Waals surface area contributed by atoms with Gasteiger partial charge in [0.2, 0.25) is 5.91 Å². The molecule has 2 aromatic carbocycles. The molecule has 0 unspecified atom stereocenters. The smallest absolute Gasteiger partial charge is 0.254 e. The molecule has 1 aliphatic heterocycles. The summed E-state index contributed by atoms with van der Waals surface area (Å²) in [5.74, 6) is 0.556. The summed E-state index contributed by atoms with van der Waals surface area (Å²) >= 11 is 1.57. The van der Waals surface area contributed by atoms with Gasteiger partial charge in [-0.3, -0.25) is 9.59 Å². The summed E-state index contributed by atoms with van der Waals surface area (Å²) in [6.45, 7) is 4.63. The van der Waals surface area contributed by atoms with E-state index in [0.29, 0.717) is 24.4 Å². The average Bonchev–Trinajstić information content (AvgIpc) is 3.08.